The maximum Gasteiger partial charge on any atom is 0.416 e. The summed E-state index contributed by atoms with van der Waals surface area (Å²) in [5.41, 5.74) is -0.147. The largest absolute Gasteiger partial charge is 0.459 e. The number of hydrogen-bond acceptors (Lipinski definition) is 4. The lowest BCUT2D eigenvalue weighted by Crippen LogP contribution is -2.52. The minimum atomic E-state index is -4.37. The van der Waals surface area contributed by atoms with Crippen LogP contribution in [-0.4, -0.2) is 60.9 Å². The molecule has 0 spiro atoms. The fourth-order valence-electron chi connectivity index (χ4n) is 4.21. The van der Waals surface area contributed by atoms with E-state index in [1.54, 1.807) is 28.0 Å². The highest BCUT2D eigenvalue weighted by molar-refractivity contribution is 5.91. The second kappa shape index (κ2) is 8.64. The summed E-state index contributed by atoms with van der Waals surface area (Å²) in [6, 6.07) is 8.59. The molecule has 0 radical (unpaired) electrons. The third-order valence-electron chi connectivity index (χ3n) is 5.99. The molecule has 2 amide bonds. The first-order chi connectivity index (χ1) is 14.8. The average molecular weight is 435 g/mol. The summed E-state index contributed by atoms with van der Waals surface area (Å²) in [5.74, 6) is 0.0654. The Kier molecular flexibility index (Phi) is 5.93. The minimum Gasteiger partial charge on any atom is -0.459 e. The molecule has 2 saturated heterocycles. The predicted molar refractivity (Wildman–Crippen MR) is 108 cm³/mol. The summed E-state index contributed by atoms with van der Waals surface area (Å²) in [4.78, 5) is 30.7. The molecule has 2 aliphatic rings. The van der Waals surface area contributed by atoms with Gasteiger partial charge in [-0.3, -0.25) is 9.59 Å². The van der Waals surface area contributed by atoms with Crippen LogP contribution in [0.25, 0.3) is 0 Å². The summed E-state index contributed by atoms with van der Waals surface area (Å²) in [6.07, 6.45) is -1.72. The van der Waals surface area contributed by atoms with Gasteiger partial charge >= 0.3 is 6.18 Å². The van der Waals surface area contributed by atoms with Crippen molar-refractivity contribution in [3.8, 4) is 0 Å². The molecular weight excluding hydrogens is 411 g/mol. The Labute approximate surface area is 178 Å². The zero-order valence-electron chi connectivity index (χ0n) is 17.0. The van der Waals surface area contributed by atoms with Gasteiger partial charge in [-0.2, -0.15) is 13.2 Å². The fourth-order valence-corrected chi connectivity index (χ4v) is 4.21. The topological polar surface area (TPSA) is 57.0 Å². The average Bonchev–Trinajstić information content (AvgIpc) is 3.33. The van der Waals surface area contributed by atoms with E-state index in [1.165, 1.54) is 12.3 Å². The molecule has 9 heteroatoms. The molecule has 0 atom stereocenters. The van der Waals surface area contributed by atoms with Crippen molar-refractivity contribution in [3.63, 3.8) is 0 Å². The number of nitrogens with zero attached hydrogens (tertiary/aromatic N) is 3. The molecule has 0 N–H and O–H groups in total. The molecule has 166 valence electrons. The number of piperidine rings is 1. The number of furan rings is 1. The third kappa shape index (κ3) is 4.70. The van der Waals surface area contributed by atoms with Crippen LogP contribution in [0.2, 0.25) is 0 Å². The predicted octanol–water partition coefficient (Wildman–Crippen LogP) is 3.50. The normalized spacial score (nSPS) is 18.4. The Hall–Kier alpha value is -2.97. The highest BCUT2D eigenvalue weighted by Gasteiger charge is 2.33. The van der Waals surface area contributed by atoms with Gasteiger partial charge in [-0.25, -0.2) is 0 Å². The Morgan fingerprint density at radius 1 is 0.903 bits per heavy atom. The zero-order valence-corrected chi connectivity index (χ0v) is 17.0. The number of piperazine rings is 1. The number of benzene rings is 1. The van der Waals surface area contributed by atoms with Crippen molar-refractivity contribution in [2.75, 3.05) is 44.2 Å². The van der Waals surface area contributed by atoms with Gasteiger partial charge < -0.3 is 19.1 Å². The molecule has 0 saturated carbocycles. The number of likely N-dealkylation sites (tertiary alicyclic amines) is 1. The summed E-state index contributed by atoms with van der Waals surface area (Å²) in [6.45, 7) is 2.92. The number of halogens is 3. The van der Waals surface area contributed by atoms with Crippen LogP contribution in [0.1, 0.15) is 29.0 Å². The SMILES string of the molecule is O=C(c1ccco1)N1CCC(C(=O)N2CCN(c3cccc(C(F)(F)F)c3)CC2)CC1. The first-order valence-corrected chi connectivity index (χ1v) is 10.4. The minimum absolute atomic E-state index is 0.0637. The highest BCUT2D eigenvalue weighted by atomic mass is 19.4. The molecule has 2 aromatic rings. The molecule has 0 unspecified atom stereocenters. The lowest BCUT2D eigenvalue weighted by atomic mass is 9.94. The molecule has 1 aromatic carbocycles. The zero-order chi connectivity index (χ0) is 22.0. The number of hydrogen-bond donors (Lipinski definition) is 0. The first kappa shape index (κ1) is 21.3. The van der Waals surface area contributed by atoms with Crippen LogP contribution >= 0.6 is 0 Å². The van der Waals surface area contributed by atoms with Crippen LogP contribution in [0.3, 0.4) is 0 Å². The summed E-state index contributed by atoms with van der Waals surface area (Å²) >= 11 is 0. The molecule has 2 aliphatic heterocycles. The van der Waals surface area contributed by atoms with Crippen molar-refractivity contribution in [2.24, 2.45) is 5.92 Å². The van der Waals surface area contributed by atoms with Gasteiger partial charge in [-0.1, -0.05) is 6.07 Å². The van der Waals surface area contributed by atoms with E-state index in [4.69, 9.17) is 4.42 Å². The van der Waals surface area contributed by atoms with E-state index < -0.39 is 11.7 Å². The number of alkyl halides is 3. The van der Waals surface area contributed by atoms with Crippen LogP contribution in [0.5, 0.6) is 0 Å². The molecule has 4 rings (SSSR count). The smallest absolute Gasteiger partial charge is 0.416 e. The molecule has 6 nitrogen and oxygen atoms in total. The lowest BCUT2D eigenvalue weighted by molar-refractivity contribution is -0.138. The maximum atomic E-state index is 13.0. The number of anilines is 1. The number of carbonyl (C=O) groups excluding carboxylic acids is 2. The van der Waals surface area contributed by atoms with Gasteiger partial charge in [-0.05, 0) is 43.2 Å². The Bertz CT molecular complexity index is 914. The third-order valence-corrected chi connectivity index (χ3v) is 5.99. The van der Waals surface area contributed by atoms with Crippen molar-refractivity contribution in [1.29, 1.82) is 0 Å². The summed E-state index contributed by atoms with van der Waals surface area (Å²) in [5, 5.41) is 0. The van der Waals surface area contributed by atoms with Gasteiger partial charge in [0.25, 0.3) is 5.91 Å². The Morgan fingerprint density at radius 3 is 2.23 bits per heavy atom. The first-order valence-electron chi connectivity index (χ1n) is 10.4. The van der Waals surface area contributed by atoms with E-state index in [9.17, 15) is 22.8 Å². The molecule has 31 heavy (non-hydrogen) atoms. The monoisotopic (exact) mass is 435 g/mol. The number of rotatable bonds is 3. The summed E-state index contributed by atoms with van der Waals surface area (Å²) < 4.78 is 44.1. The van der Waals surface area contributed by atoms with Gasteiger partial charge in [0, 0.05) is 50.9 Å². The van der Waals surface area contributed by atoms with E-state index in [0.29, 0.717) is 63.6 Å². The molecule has 0 aliphatic carbocycles. The Morgan fingerprint density at radius 2 is 1.61 bits per heavy atom. The summed E-state index contributed by atoms with van der Waals surface area (Å²) in [7, 11) is 0. The van der Waals surface area contributed by atoms with E-state index >= 15 is 0 Å². The van der Waals surface area contributed by atoms with Gasteiger partial charge in [0.15, 0.2) is 5.76 Å². The van der Waals surface area contributed by atoms with Gasteiger partial charge in [0.2, 0.25) is 5.91 Å². The van der Waals surface area contributed by atoms with E-state index in [2.05, 4.69) is 0 Å². The van der Waals surface area contributed by atoms with Crippen molar-refractivity contribution < 1.29 is 27.2 Å². The van der Waals surface area contributed by atoms with Crippen molar-refractivity contribution in [3.05, 3.63) is 54.0 Å². The van der Waals surface area contributed by atoms with Crippen molar-refractivity contribution in [1.82, 2.24) is 9.80 Å². The van der Waals surface area contributed by atoms with E-state index in [1.807, 2.05) is 4.90 Å². The quantitative estimate of drug-likeness (QED) is 0.741. The second-order valence-electron chi connectivity index (χ2n) is 7.90. The van der Waals surface area contributed by atoms with E-state index in [0.717, 1.165) is 12.1 Å². The van der Waals surface area contributed by atoms with Gasteiger partial charge in [0.1, 0.15) is 0 Å². The molecule has 1 aromatic heterocycles. The van der Waals surface area contributed by atoms with Crippen LogP contribution < -0.4 is 4.90 Å². The van der Waals surface area contributed by atoms with Crippen LogP contribution in [0, 0.1) is 5.92 Å². The molecule has 3 heterocycles. The highest BCUT2D eigenvalue weighted by Crippen LogP contribution is 2.32. The Balaban J connectivity index is 1.29. The van der Waals surface area contributed by atoms with E-state index in [-0.39, 0.29) is 17.7 Å². The molecule has 2 fully saturated rings. The fraction of sp³-hybridized carbons (Fsp3) is 0.455. The molecular formula is C22H24F3N3O3. The number of amides is 2. The van der Waals surface area contributed by atoms with Crippen LogP contribution in [0.15, 0.2) is 47.1 Å². The van der Waals surface area contributed by atoms with Crippen molar-refractivity contribution in [2.45, 2.75) is 19.0 Å². The standard InChI is InChI=1S/C22H24F3N3O3/c23-22(24,25)17-3-1-4-18(15-17)26-10-12-28(13-11-26)20(29)16-6-8-27(9-7-16)21(30)19-5-2-14-31-19/h1-5,14-16H,6-13H2. The second-order valence-corrected chi connectivity index (χ2v) is 7.90. The van der Waals surface area contributed by atoms with Crippen LogP contribution in [-0.2, 0) is 11.0 Å². The van der Waals surface area contributed by atoms with Gasteiger partial charge in [-0.15, -0.1) is 0 Å². The molecule has 0 bridgehead atoms. The number of carbonyl (C=O) groups is 2. The van der Waals surface area contributed by atoms with Gasteiger partial charge in [0.05, 0.1) is 11.8 Å². The maximum absolute atomic E-state index is 13.0. The lowest BCUT2D eigenvalue weighted by Gasteiger charge is -2.39. The van der Waals surface area contributed by atoms with Crippen molar-refractivity contribution >= 4 is 17.5 Å². The van der Waals surface area contributed by atoms with Crippen LogP contribution in [0.4, 0.5) is 18.9 Å².